The minimum Gasteiger partial charge on any atom is -0.290 e. The van der Waals surface area contributed by atoms with Crippen LogP contribution in [0.25, 0.3) is 10.9 Å². The largest absolute Gasteiger partial charge is 0.290 e. The Morgan fingerprint density at radius 2 is 2.12 bits per heavy atom. The summed E-state index contributed by atoms with van der Waals surface area (Å²) in [6.07, 6.45) is 1.71. The Bertz CT molecular complexity index is 587. The maximum atomic E-state index is 9.23. The van der Waals surface area contributed by atoms with Crippen molar-refractivity contribution >= 4 is 22.5 Å². The number of rotatable bonds is 2. The highest BCUT2D eigenvalue weighted by molar-refractivity contribution is 6.35. The standard InChI is InChI=1S/C13H12ClN3/c1-17(2)12(8-15)10-5-6-11(14)9-4-3-7-16-13(9)10/h3-7,12H,1-2H3. The lowest BCUT2D eigenvalue weighted by Gasteiger charge is -2.18. The number of nitriles is 1. The lowest BCUT2D eigenvalue weighted by molar-refractivity contribution is 0.359. The molecular formula is C13H12ClN3. The van der Waals surface area contributed by atoms with Crippen LogP contribution >= 0.6 is 11.6 Å². The molecule has 0 fully saturated rings. The van der Waals surface area contributed by atoms with Crippen LogP contribution in [0, 0.1) is 11.3 Å². The minimum absolute atomic E-state index is 0.315. The summed E-state index contributed by atoms with van der Waals surface area (Å²) in [6.45, 7) is 0. The second-order valence-corrected chi connectivity index (χ2v) is 4.44. The first-order valence-electron chi connectivity index (χ1n) is 5.24. The molecule has 0 N–H and O–H groups in total. The van der Waals surface area contributed by atoms with Crippen LogP contribution in [-0.4, -0.2) is 24.0 Å². The molecule has 4 heteroatoms. The van der Waals surface area contributed by atoms with Gasteiger partial charge in [0.1, 0.15) is 6.04 Å². The van der Waals surface area contributed by atoms with E-state index in [0.29, 0.717) is 5.02 Å². The second-order valence-electron chi connectivity index (χ2n) is 4.03. The quantitative estimate of drug-likeness (QED) is 0.817. The molecule has 86 valence electrons. The molecule has 0 radical (unpaired) electrons. The van der Waals surface area contributed by atoms with E-state index in [9.17, 15) is 5.26 Å². The van der Waals surface area contributed by atoms with Gasteiger partial charge in [0.05, 0.1) is 11.6 Å². The molecule has 17 heavy (non-hydrogen) atoms. The molecule has 3 nitrogen and oxygen atoms in total. The average Bonchev–Trinajstić information content (AvgIpc) is 2.33. The molecule has 0 aliphatic carbocycles. The van der Waals surface area contributed by atoms with Crippen molar-refractivity contribution in [3.8, 4) is 6.07 Å². The van der Waals surface area contributed by atoms with Gasteiger partial charge in [0.2, 0.25) is 0 Å². The van der Waals surface area contributed by atoms with Gasteiger partial charge in [0.25, 0.3) is 0 Å². The summed E-state index contributed by atoms with van der Waals surface area (Å²) >= 11 is 6.12. The maximum Gasteiger partial charge on any atom is 0.125 e. The third-order valence-electron chi connectivity index (χ3n) is 2.68. The van der Waals surface area contributed by atoms with Crippen molar-refractivity contribution in [1.82, 2.24) is 9.88 Å². The zero-order valence-corrected chi connectivity index (χ0v) is 10.4. The first-order chi connectivity index (χ1) is 8.15. The fourth-order valence-electron chi connectivity index (χ4n) is 1.84. The second kappa shape index (κ2) is 4.70. The van der Waals surface area contributed by atoms with E-state index >= 15 is 0 Å². The SMILES string of the molecule is CN(C)C(C#N)c1ccc(Cl)c2cccnc12. The van der Waals surface area contributed by atoms with E-state index in [-0.39, 0.29) is 6.04 Å². The number of benzene rings is 1. The fourth-order valence-corrected chi connectivity index (χ4v) is 2.06. The molecule has 1 aromatic carbocycles. The Kier molecular flexibility index (Phi) is 3.28. The van der Waals surface area contributed by atoms with Crippen LogP contribution < -0.4 is 0 Å². The fraction of sp³-hybridized carbons (Fsp3) is 0.231. The molecule has 0 aliphatic rings. The van der Waals surface area contributed by atoms with Crippen LogP contribution in [0.15, 0.2) is 30.5 Å². The highest BCUT2D eigenvalue weighted by Gasteiger charge is 2.17. The topological polar surface area (TPSA) is 39.9 Å². The summed E-state index contributed by atoms with van der Waals surface area (Å²) in [4.78, 5) is 6.19. The zero-order chi connectivity index (χ0) is 12.4. The molecular weight excluding hydrogens is 234 g/mol. The molecule has 0 amide bonds. The van der Waals surface area contributed by atoms with Crippen LogP contribution in [0.5, 0.6) is 0 Å². The van der Waals surface area contributed by atoms with Crippen LogP contribution in [-0.2, 0) is 0 Å². The van der Waals surface area contributed by atoms with Gasteiger partial charge >= 0.3 is 0 Å². The van der Waals surface area contributed by atoms with E-state index in [2.05, 4.69) is 11.1 Å². The summed E-state index contributed by atoms with van der Waals surface area (Å²) in [7, 11) is 3.74. The van der Waals surface area contributed by atoms with E-state index < -0.39 is 0 Å². The third-order valence-corrected chi connectivity index (χ3v) is 3.01. The molecule has 0 saturated carbocycles. The minimum atomic E-state index is -0.315. The van der Waals surface area contributed by atoms with Gasteiger partial charge in [-0.15, -0.1) is 0 Å². The number of hydrogen-bond acceptors (Lipinski definition) is 3. The van der Waals surface area contributed by atoms with Crippen molar-refractivity contribution in [3.63, 3.8) is 0 Å². The lowest BCUT2D eigenvalue weighted by atomic mass is 10.0. The summed E-state index contributed by atoms with van der Waals surface area (Å²) in [5.74, 6) is 0. The monoisotopic (exact) mass is 245 g/mol. The predicted molar refractivity (Wildman–Crippen MR) is 68.8 cm³/mol. The Balaban J connectivity index is 2.71. The first-order valence-corrected chi connectivity index (χ1v) is 5.62. The van der Waals surface area contributed by atoms with Gasteiger partial charge in [0.15, 0.2) is 0 Å². The Morgan fingerprint density at radius 1 is 1.35 bits per heavy atom. The Hall–Kier alpha value is -1.63. The predicted octanol–water partition coefficient (Wildman–Crippen LogP) is 3.01. The van der Waals surface area contributed by atoms with Gasteiger partial charge < -0.3 is 0 Å². The molecule has 1 unspecified atom stereocenters. The van der Waals surface area contributed by atoms with E-state index in [1.165, 1.54) is 0 Å². The molecule has 0 bridgehead atoms. The van der Waals surface area contributed by atoms with Gasteiger partial charge in [-0.1, -0.05) is 17.7 Å². The van der Waals surface area contributed by atoms with Gasteiger partial charge in [-0.2, -0.15) is 5.26 Å². The van der Waals surface area contributed by atoms with Crippen LogP contribution in [0.3, 0.4) is 0 Å². The van der Waals surface area contributed by atoms with Crippen LogP contribution in [0.2, 0.25) is 5.02 Å². The summed E-state index contributed by atoms with van der Waals surface area (Å²) in [5.41, 5.74) is 1.68. The van der Waals surface area contributed by atoms with Crippen molar-refractivity contribution in [2.24, 2.45) is 0 Å². The number of fused-ring (bicyclic) bond motifs is 1. The van der Waals surface area contributed by atoms with Crippen molar-refractivity contribution in [2.45, 2.75) is 6.04 Å². The normalized spacial score (nSPS) is 12.6. The summed E-state index contributed by atoms with van der Waals surface area (Å²) in [5, 5.41) is 10.8. The third kappa shape index (κ3) is 2.10. The summed E-state index contributed by atoms with van der Waals surface area (Å²) < 4.78 is 0. The summed E-state index contributed by atoms with van der Waals surface area (Å²) in [6, 6.07) is 9.40. The van der Waals surface area contributed by atoms with Gasteiger partial charge in [-0.25, -0.2) is 0 Å². The van der Waals surface area contributed by atoms with Crippen LogP contribution in [0.4, 0.5) is 0 Å². The van der Waals surface area contributed by atoms with Crippen molar-refractivity contribution in [1.29, 1.82) is 5.26 Å². The Labute approximate surface area is 105 Å². The van der Waals surface area contributed by atoms with Crippen LogP contribution in [0.1, 0.15) is 11.6 Å². The number of aromatic nitrogens is 1. The molecule has 1 heterocycles. The van der Waals surface area contributed by atoms with Gasteiger partial charge in [-0.05, 0) is 32.3 Å². The highest BCUT2D eigenvalue weighted by atomic mass is 35.5. The number of halogens is 1. The lowest BCUT2D eigenvalue weighted by Crippen LogP contribution is -2.18. The molecule has 0 aliphatic heterocycles. The smallest absolute Gasteiger partial charge is 0.125 e. The number of nitrogens with zero attached hydrogens (tertiary/aromatic N) is 3. The highest BCUT2D eigenvalue weighted by Crippen LogP contribution is 2.29. The molecule has 0 saturated heterocycles. The first kappa shape index (κ1) is 11.8. The molecule has 1 atom stereocenters. The number of pyridine rings is 1. The molecule has 2 rings (SSSR count). The van der Waals surface area contributed by atoms with Gasteiger partial charge in [-0.3, -0.25) is 9.88 Å². The van der Waals surface area contributed by atoms with Crippen molar-refractivity contribution < 1.29 is 0 Å². The Morgan fingerprint density at radius 3 is 2.76 bits per heavy atom. The van der Waals surface area contributed by atoms with E-state index in [1.54, 1.807) is 6.20 Å². The molecule has 0 spiro atoms. The van der Waals surface area contributed by atoms with E-state index in [4.69, 9.17) is 11.6 Å². The number of hydrogen-bond donors (Lipinski definition) is 0. The van der Waals surface area contributed by atoms with Crippen molar-refractivity contribution in [2.75, 3.05) is 14.1 Å². The van der Waals surface area contributed by atoms with E-state index in [0.717, 1.165) is 16.5 Å². The van der Waals surface area contributed by atoms with E-state index in [1.807, 2.05) is 43.3 Å². The van der Waals surface area contributed by atoms with Crippen molar-refractivity contribution in [3.05, 3.63) is 41.0 Å². The molecule has 1 aromatic heterocycles. The average molecular weight is 246 g/mol. The van der Waals surface area contributed by atoms with Gasteiger partial charge in [0, 0.05) is 22.2 Å². The maximum absolute atomic E-state index is 9.23. The zero-order valence-electron chi connectivity index (χ0n) is 9.68. The molecule has 2 aromatic rings.